The summed E-state index contributed by atoms with van der Waals surface area (Å²) < 4.78 is 0. The molecule has 84 valence electrons. The predicted molar refractivity (Wildman–Crippen MR) is 66.8 cm³/mol. The van der Waals surface area contributed by atoms with E-state index in [-0.39, 0.29) is 5.54 Å². The maximum absolute atomic E-state index is 6.43. The van der Waals surface area contributed by atoms with Crippen LogP contribution in [0.4, 0.5) is 0 Å². The Morgan fingerprint density at radius 2 is 1.80 bits per heavy atom. The summed E-state index contributed by atoms with van der Waals surface area (Å²) in [5, 5.41) is 0. The predicted octanol–water partition coefficient (Wildman–Crippen LogP) is 3.38. The van der Waals surface area contributed by atoms with E-state index >= 15 is 0 Å². The first-order valence-corrected chi connectivity index (χ1v) is 5.88. The van der Waals surface area contributed by atoms with Crippen molar-refractivity contribution in [3.63, 3.8) is 0 Å². The molecule has 0 heterocycles. The molecule has 0 fully saturated rings. The molecule has 1 atom stereocenters. The maximum Gasteiger partial charge on any atom is 0.0194 e. The molecule has 0 bridgehead atoms. The highest BCUT2D eigenvalue weighted by Crippen LogP contribution is 2.22. The number of hydrogen-bond donors (Lipinski definition) is 1. The molecule has 0 saturated heterocycles. The lowest BCUT2D eigenvalue weighted by atomic mass is 9.82. The molecule has 0 aliphatic carbocycles. The first-order valence-electron chi connectivity index (χ1n) is 5.88. The molecule has 2 N–H and O–H groups in total. The molecule has 0 saturated carbocycles. The van der Waals surface area contributed by atoms with Gasteiger partial charge >= 0.3 is 0 Å². The average Bonchev–Trinajstić information content (AvgIpc) is 2.18. The largest absolute Gasteiger partial charge is 0.325 e. The molecule has 0 amide bonds. The van der Waals surface area contributed by atoms with Gasteiger partial charge in [-0.15, -0.1) is 0 Å². The third-order valence-corrected chi connectivity index (χ3v) is 2.92. The molecular weight excluding hydrogens is 182 g/mol. The van der Waals surface area contributed by atoms with Crippen LogP contribution in [0.1, 0.15) is 39.2 Å². The lowest BCUT2D eigenvalue weighted by Crippen LogP contribution is -2.42. The highest BCUT2D eigenvalue weighted by molar-refractivity contribution is 5.17. The summed E-state index contributed by atoms with van der Waals surface area (Å²) in [6.07, 6.45) is 3.13. The van der Waals surface area contributed by atoms with Crippen molar-refractivity contribution in [2.24, 2.45) is 11.7 Å². The molecule has 0 radical (unpaired) electrons. The van der Waals surface area contributed by atoms with Crippen LogP contribution in [-0.2, 0) is 6.42 Å². The van der Waals surface area contributed by atoms with Crippen molar-refractivity contribution in [2.75, 3.05) is 0 Å². The Balaban J connectivity index is 2.68. The number of nitrogens with two attached hydrogens (primary N) is 1. The van der Waals surface area contributed by atoms with E-state index in [0.29, 0.717) is 5.92 Å². The van der Waals surface area contributed by atoms with Gasteiger partial charge in [0.25, 0.3) is 0 Å². The molecular formula is C14H23N. The quantitative estimate of drug-likeness (QED) is 0.783. The molecule has 1 nitrogen and oxygen atoms in total. The van der Waals surface area contributed by atoms with Crippen LogP contribution >= 0.6 is 0 Å². The molecule has 1 unspecified atom stereocenters. The number of benzene rings is 1. The number of rotatable bonds is 5. The monoisotopic (exact) mass is 205 g/mol. The molecule has 15 heavy (non-hydrogen) atoms. The Bertz CT molecular complexity index is 279. The van der Waals surface area contributed by atoms with Crippen molar-refractivity contribution in [2.45, 2.75) is 45.6 Å². The van der Waals surface area contributed by atoms with Gasteiger partial charge in [0.15, 0.2) is 0 Å². The van der Waals surface area contributed by atoms with E-state index in [4.69, 9.17) is 5.73 Å². The van der Waals surface area contributed by atoms with Crippen LogP contribution in [0.15, 0.2) is 30.3 Å². The number of hydrogen-bond acceptors (Lipinski definition) is 1. The van der Waals surface area contributed by atoms with E-state index in [1.807, 2.05) is 0 Å². The third-order valence-electron chi connectivity index (χ3n) is 2.92. The first-order chi connectivity index (χ1) is 7.06. The smallest absolute Gasteiger partial charge is 0.0194 e. The second-order valence-corrected chi connectivity index (χ2v) is 4.98. The zero-order valence-corrected chi connectivity index (χ0v) is 10.2. The second kappa shape index (κ2) is 5.32. The maximum atomic E-state index is 6.43. The van der Waals surface area contributed by atoms with Crippen molar-refractivity contribution in [3.05, 3.63) is 35.9 Å². The van der Waals surface area contributed by atoms with Gasteiger partial charge in [0.1, 0.15) is 0 Å². The average molecular weight is 205 g/mol. The van der Waals surface area contributed by atoms with Crippen LogP contribution in [0.5, 0.6) is 0 Å². The summed E-state index contributed by atoms with van der Waals surface area (Å²) in [4.78, 5) is 0. The summed E-state index contributed by atoms with van der Waals surface area (Å²) in [5.41, 5.74) is 7.75. The summed E-state index contributed by atoms with van der Waals surface area (Å²) >= 11 is 0. The van der Waals surface area contributed by atoms with Gasteiger partial charge in [-0.3, -0.25) is 0 Å². The summed E-state index contributed by atoms with van der Waals surface area (Å²) in [6.45, 7) is 6.66. The molecule has 1 rings (SSSR count). The second-order valence-electron chi connectivity index (χ2n) is 4.98. The molecule has 0 aromatic heterocycles. The molecule has 0 aliphatic rings. The Hall–Kier alpha value is -0.820. The standard InChI is InChI=1S/C14H23N/c1-4-14(15,10-12(2)3)11-13-8-6-5-7-9-13/h5-9,12H,4,10-11,15H2,1-3H3. The lowest BCUT2D eigenvalue weighted by Gasteiger charge is -2.30. The Labute approximate surface area is 93.7 Å². The van der Waals surface area contributed by atoms with E-state index in [1.54, 1.807) is 0 Å². The minimum Gasteiger partial charge on any atom is -0.325 e. The van der Waals surface area contributed by atoms with Crippen molar-refractivity contribution in [3.8, 4) is 0 Å². The van der Waals surface area contributed by atoms with Gasteiger partial charge in [0, 0.05) is 5.54 Å². The van der Waals surface area contributed by atoms with Crippen LogP contribution in [0.3, 0.4) is 0 Å². The van der Waals surface area contributed by atoms with Gasteiger partial charge in [0.05, 0.1) is 0 Å². The van der Waals surface area contributed by atoms with Crippen LogP contribution < -0.4 is 5.73 Å². The molecule has 1 heteroatoms. The van der Waals surface area contributed by atoms with Crippen molar-refractivity contribution in [1.29, 1.82) is 0 Å². The fourth-order valence-corrected chi connectivity index (χ4v) is 2.16. The van der Waals surface area contributed by atoms with Gasteiger partial charge in [-0.05, 0) is 30.7 Å². The minimum atomic E-state index is -0.0322. The highest BCUT2D eigenvalue weighted by Gasteiger charge is 2.23. The van der Waals surface area contributed by atoms with E-state index < -0.39 is 0 Å². The van der Waals surface area contributed by atoms with Gasteiger partial charge in [0.2, 0.25) is 0 Å². The van der Waals surface area contributed by atoms with Gasteiger partial charge in [-0.2, -0.15) is 0 Å². The van der Waals surface area contributed by atoms with Crippen LogP contribution in [0.2, 0.25) is 0 Å². The van der Waals surface area contributed by atoms with Crippen LogP contribution in [0, 0.1) is 5.92 Å². The van der Waals surface area contributed by atoms with Gasteiger partial charge in [-0.25, -0.2) is 0 Å². The topological polar surface area (TPSA) is 26.0 Å². The van der Waals surface area contributed by atoms with Crippen LogP contribution in [-0.4, -0.2) is 5.54 Å². The van der Waals surface area contributed by atoms with Gasteiger partial charge < -0.3 is 5.73 Å². The molecule has 0 spiro atoms. The zero-order chi connectivity index (χ0) is 11.3. The van der Waals surface area contributed by atoms with Crippen molar-refractivity contribution in [1.82, 2.24) is 0 Å². The normalized spacial score (nSPS) is 15.3. The third kappa shape index (κ3) is 4.05. The minimum absolute atomic E-state index is 0.0322. The summed E-state index contributed by atoms with van der Waals surface area (Å²) in [5.74, 6) is 0.665. The van der Waals surface area contributed by atoms with E-state index in [2.05, 4.69) is 51.1 Å². The summed E-state index contributed by atoms with van der Waals surface area (Å²) in [6, 6.07) is 10.5. The fourth-order valence-electron chi connectivity index (χ4n) is 2.16. The Morgan fingerprint density at radius 1 is 1.20 bits per heavy atom. The SMILES string of the molecule is CCC(N)(Cc1ccccc1)CC(C)C. The summed E-state index contributed by atoms with van der Waals surface area (Å²) in [7, 11) is 0. The van der Waals surface area contributed by atoms with Crippen molar-refractivity contribution >= 4 is 0 Å². The van der Waals surface area contributed by atoms with E-state index in [9.17, 15) is 0 Å². The Kier molecular flexibility index (Phi) is 4.34. The highest BCUT2D eigenvalue weighted by atomic mass is 14.7. The lowest BCUT2D eigenvalue weighted by molar-refractivity contribution is 0.327. The van der Waals surface area contributed by atoms with Crippen LogP contribution in [0.25, 0.3) is 0 Å². The van der Waals surface area contributed by atoms with Crippen molar-refractivity contribution < 1.29 is 0 Å². The molecule has 1 aromatic rings. The molecule has 0 aliphatic heterocycles. The molecule has 1 aromatic carbocycles. The fraction of sp³-hybridized carbons (Fsp3) is 0.571. The zero-order valence-electron chi connectivity index (χ0n) is 10.2. The Morgan fingerprint density at radius 3 is 2.27 bits per heavy atom. The van der Waals surface area contributed by atoms with E-state index in [0.717, 1.165) is 19.3 Å². The van der Waals surface area contributed by atoms with Gasteiger partial charge in [-0.1, -0.05) is 51.1 Å². The first kappa shape index (κ1) is 12.3. The van der Waals surface area contributed by atoms with E-state index in [1.165, 1.54) is 5.56 Å².